The monoisotopic (exact) mass is 1930 g/mol. The van der Waals surface area contributed by atoms with Crippen molar-refractivity contribution in [3.63, 3.8) is 0 Å². The van der Waals surface area contributed by atoms with Crippen LogP contribution in [-0.4, -0.2) is 406 Å². The van der Waals surface area contributed by atoms with E-state index in [-0.39, 0.29) is 6.42 Å². The summed E-state index contributed by atoms with van der Waals surface area (Å²) in [4.78, 5) is 52.3. The molecule has 7 aliphatic heterocycles. The predicted molar refractivity (Wildman–Crippen MR) is 475 cm³/mol. The summed E-state index contributed by atoms with van der Waals surface area (Å²) in [6, 6.07) is -6.42. The number of hydrogen-bond donors (Lipinski definition) is 24. The van der Waals surface area contributed by atoms with Gasteiger partial charge in [0.1, 0.15) is 171 Å². The van der Waals surface area contributed by atoms with Crippen molar-refractivity contribution in [2.24, 2.45) is 0 Å². The Morgan fingerprint density at radius 1 is 0.299 bits per heavy atom. The third-order valence-corrected chi connectivity index (χ3v) is 25.9. The van der Waals surface area contributed by atoms with Gasteiger partial charge in [-0.2, -0.15) is 0 Å². The maximum atomic E-state index is 13.8. The molecule has 0 aromatic heterocycles. The molecule has 0 aromatic rings. The third kappa shape index (κ3) is 36.4. The van der Waals surface area contributed by atoms with Gasteiger partial charge in [-0.3, -0.25) is 19.2 Å². The summed E-state index contributed by atoms with van der Waals surface area (Å²) in [5.41, 5.74) is 0. The minimum absolute atomic E-state index is 0.117. The van der Waals surface area contributed by atoms with Gasteiger partial charge in [0, 0.05) is 27.2 Å². The molecule has 0 radical (unpaired) electrons. The molecule has 37 atom stereocenters. The minimum Gasteiger partial charge on any atom is -0.394 e. The average Bonchev–Trinajstić information content (AvgIpc) is 0.765. The van der Waals surface area contributed by atoms with Crippen molar-refractivity contribution in [2.75, 3.05) is 52.9 Å². The third-order valence-electron chi connectivity index (χ3n) is 25.9. The summed E-state index contributed by atoms with van der Waals surface area (Å²) in [6.07, 6.45) is -19.6. The Morgan fingerprint density at radius 2 is 0.619 bits per heavy atom. The van der Waals surface area contributed by atoms with E-state index in [4.69, 9.17) is 66.3 Å². The molecule has 42 nitrogen and oxygen atoms in total. The topological polar surface area (TPSA) is 650 Å². The number of aliphatic hydroxyl groups is 20. The highest BCUT2D eigenvalue weighted by Crippen LogP contribution is 2.39. The average molecular weight is 1930 g/mol. The fourth-order valence-electron chi connectivity index (χ4n) is 18.0. The standard InChI is InChI=1S/C92H164N4O38/c1-6-8-10-12-14-16-18-20-21-22-23-24-25-26-27-28-29-31-33-35-37-39-41-43-64(107)96-55(56(106)42-40-38-36-34-32-30-19-17-15-13-11-9-7-2)50-121-89-78(118)76(116)82(62(49-102)128-89)131-92-80(120)85(72(112)63(129-92)51-122-86-66(94-53(4)104)74(114)81(61(48-101)127-86)130-90-77(117)75(115)69(109)58(45-98)125-90)134-91-79(119)84(71(111)60(47-100)126-91)133-88-67(95-54(5)105)83(70(110)59(46-99)124-88)132-87-65(93-52(3)103)73(113)68(108)57(44-97)123-87/h20-21,40,42,55-63,65-92,97-102,106,108-120H,6-19,22-39,41,43-51H2,1-5H3,(H,93,103)(H,94,104)(H,95,105)(H,96,107)/b21-20-,42-40+/t55-,56+,57?,58?,59?,60?,61?,62?,63?,65?,66?,67?,68-,69-,70-,71-,72-,73+,74+,75-,76+,77?,78?,79?,80?,81+,82+,83+,84-,85-,86+,87+,88-,89+,90-,91+,92-/m0/s1. The fraction of sp³-hybridized carbons (Fsp3) is 0.913. The number of hydrogen-bond acceptors (Lipinski definition) is 38. The smallest absolute Gasteiger partial charge is 0.220 e. The summed E-state index contributed by atoms with van der Waals surface area (Å²) in [5.74, 6) is -2.92. The van der Waals surface area contributed by atoms with Crippen LogP contribution in [0.4, 0.5) is 0 Å². The summed E-state index contributed by atoms with van der Waals surface area (Å²) < 4.78 is 84.3. The molecule has 0 bridgehead atoms. The number of rotatable bonds is 63. The molecule has 24 N–H and O–H groups in total. The first kappa shape index (κ1) is 117. The quantitative estimate of drug-likeness (QED) is 0.0242. The molecular formula is C92H164N4O38. The van der Waals surface area contributed by atoms with E-state index in [1.807, 2.05) is 6.08 Å². The highest BCUT2D eigenvalue weighted by Gasteiger charge is 2.59. The number of carbonyl (C=O) groups is 4. The summed E-state index contributed by atoms with van der Waals surface area (Å²) in [5, 5.41) is 237. The number of aliphatic hydroxyl groups excluding tert-OH is 20. The van der Waals surface area contributed by atoms with Crippen molar-refractivity contribution in [2.45, 2.75) is 480 Å². The van der Waals surface area contributed by atoms with Crippen LogP contribution in [-0.2, 0) is 85.5 Å². The van der Waals surface area contributed by atoms with Crippen molar-refractivity contribution in [1.29, 1.82) is 0 Å². The minimum atomic E-state index is -2.42. The van der Waals surface area contributed by atoms with E-state index in [0.29, 0.717) is 12.8 Å². The normalized spacial score (nSPS) is 36.5. The van der Waals surface area contributed by atoms with Crippen molar-refractivity contribution in [1.82, 2.24) is 21.3 Å². The zero-order valence-electron chi connectivity index (χ0n) is 78.7. The van der Waals surface area contributed by atoms with Gasteiger partial charge in [-0.1, -0.05) is 205 Å². The molecule has 7 heterocycles. The van der Waals surface area contributed by atoms with E-state index < -0.39 is 303 Å². The lowest BCUT2D eigenvalue weighted by Gasteiger charge is -2.51. The largest absolute Gasteiger partial charge is 0.394 e. The molecule has 0 spiro atoms. The van der Waals surface area contributed by atoms with E-state index in [2.05, 4.69) is 47.3 Å². The van der Waals surface area contributed by atoms with Gasteiger partial charge in [0.05, 0.1) is 65.0 Å². The Bertz CT molecular complexity index is 3260. The van der Waals surface area contributed by atoms with E-state index in [1.54, 1.807) is 6.08 Å². The molecule has 7 rings (SSSR count). The van der Waals surface area contributed by atoms with Gasteiger partial charge in [-0.15, -0.1) is 0 Å². The molecule has 7 fully saturated rings. The van der Waals surface area contributed by atoms with E-state index >= 15 is 0 Å². The summed E-state index contributed by atoms with van der Waals surface area (Å²) in [6.45, 7) is -0.184. The van der Waals surface area contributed by atoms with Crippen LogP contribution in [0.25, 0.3) is 0 Å². The Kier molecular flexibility index (Phi) is 55.1. The molecule has 0 aromatic carbocycles. The second-order valence-electron chi connectivity index (χ2n) is 36.7. The van der Waals surface area contributed by atoms with E-state index in [1.165, 1.54) is 128 Å². The van der Waals surface area contributed by atoms with Gasteiger partial charge in [-0.25, -0.2) is 0 Å². The van der Waals surface area contributed by atoms with Crippen molar-refractivity contribution < 1.29 is 188 Å². The molecular weight excluding hydrogens is 1770 g/mol. The number of allylic oxidation sites excluding steroid dienone is 3. The lowest BCUT2D eigenvalue weighted by molar-refractivity contribution is -0.392. The first-order valence-corrected chi connectivity index (χ1v) is 49.1. The van der Waals surface area contributed by atoms with Gasteiger partial charge in [0.25, 0.3) is 0 Å². The Morgan fingerprint density at radius 3 is 1.07 bits per heavy atom. The second kappa shape index (κ2) is 63.1. The van der Waals surface area contributed by atoms with Crippen LogP contribution in [0.5, 0.6) is 0 Å². The lowest BCUT2D eigenvalue weighted by Crippen LogP contribution is -2.71. The Hall–Kier alpha value is -4.00. The van der Waals surface area contributed by atoms with Gasteiger partial charge < -0.3 is 190 Å². The van der Waals surface area contributed by atoms with Gasteiger partial charge in [0.2, 0.25) is 23.6 Å². The van der Waals surface area contributed by atoms with Gasteiger partial charge in [-0.05, 0) is 44.9 Å². The van der Waals surface area contributed by atoms with Crippen LogP contribution >= 0.6 is 0 Å². The first-order valence-electron chi connectivity index (χ1n) is 49.1. The van der Waals surface area contributed by atoms with Crippen LogP contribution in [0.1, 0.15) is 253 Å². The zero-order valence-corrected chi connectivity index (χ0v) is 78.7. The van der Waals surface area contributed by atoms with Crippen LogP contribution in [0, 0.1) is 0 Å². The van der Waals surface area contributed by atoms with Crippen molar-refractivity contribution in [3.05, 3.63) is 24.3 Å². The molecule has 0 saturated carbocycles. The van der Waals surface area contributed by atoms with E-state index in [9.17, 15) is 121 Å². The SMILES string of the molecule is CCCCCCCC/C=C\CCCCCCCCCCCCCCCC(=O)N[C@@H](CO[C@@H]1OC(CO)[C@@H](O[C@@H]2OC(CO[C@@H]3OC(CO)[C@@H](O[C@@H]4OC(CO)[C@H](O)[C@H](O)C4O)[C@H](O)C3NC(C)=O)[C@H](O)[C@H](O[C@H]3OC(CO)[C@H](O)[C@H](O[C@@H]4OC(CO)[C@H](O)[C@H](O[C@H]5OC(CO)[C@H](O)[C@H](O)C5NC(C)=O)C4NC(C)=O)C3O)C2O)[C@H](O)C1O)[C@H](O)/C=C/CCCCCCCCCCCCC. The second-order valence-corrected chi connectivity index (χ2v) is 36.7. The number of nitrogens with one attached hydrogen (secondary N) is 4. The lowest BCUT2D eigenvalue weighted by atomic mass is 9.93. The number of ether oxygens (including phenoxy) is 14. The van der Waals surface area contributed by atoms with E-state index in [0.717, 1.165) is 91.4 Å². The number of amides is 4. The molecule has 14 unspecified atom stereocenters. The van der Waals surface area contributed by atoms with Crippen LogP contribution < -0.4 is 21.3 Å². The molecule has 780 valence electrons. The van der Waals surface area contributed by atoms with Crippen molar-refractivity contribution >= 4 is 23.6 Å². The van der Waals surface area contributed by atoms with Crippen LogP contribution in [0.2, 0.25) is 0 Å². The summed E-state index contributed by atoms with van der Waals surface area (Å²) in [7, 11) is 0. The maximum Gasteiger partial charge on any atom is 0.220 e. The highest BCUT2D eigenvalue weighted by atomic mass is 16.8. The molecule has 4 amide bonds. The summed E-state index contributed by atoms with van der Waals surface area (Å²) >= 11 is 0. The molecule has 42 heteroatoms. The Balaban J connectivity index is 1.08. The van der Waals surface area contributed by atoms with Gasteiger partial charge in [0.15, 0.2) is 44.0 Å². The van der Waals surface area contributed by atoms with Crippen LogP contribution in [0.3, 0.4) is 0 Å². The van der Waals surface area contributed by atoms with Crippen molar-refractivity contribution in [3.8, 4) is 0 Å². The maximum absolute atomic E-state index is 13.8. The number of carbonyl (C=O) groups excluding carboxylic acids is 4. The molecule has 7 saturated heterocycles. The molecule has 0 aliphatic carbocycles. The predicted octanol–water partition coefficient (Wildman–Crippen LogP) is -1.56. The zero-order chi connectivity index (χ0) is 97.9. The van der Waals surface area contributed by atoms with Gasteiger partial charge >= 0.3 is 0 Å². The first-order chi connectivity index (χ1) is 64.4. The highest BCUT2D eigenvalue weighted by molar-refractivity contribution is 5.76. The number of unbranched alkanes of at least 4 members (excludes halogenated alkanes) is 30. The fourth-order valence-corrected chi connectivity index (χ4v) is 18.0. The van der Waals surface area contributed by atoms with Crippen LogP contribution in [0.15, 0.2) is 24.3 Å². The Labute approximate surface area is 786 Å². The molecule has 7 aliphatic rings. The molecule has 134 heavy (non-hydrogen) atoms.